The molecule has 27 heavy (non-hydrogen) atoms. The number of primary amides is 1. The largest absolute Gasteiger partial charge is 0.366 e. The molecule has 5 heterocycles. The number of pyridine rings is 1. The summed E-state index contributed by atoms with van der Waals surface area (Å²) in [6, 6.07) is 8.60. The molecule has 8 heteroatoms. The van der Waals surface area contributed by atoms with Crippen molar-refractivity contribution in [2.24, 2.45) is 11.7 Å². The Hall–Kier alpha value is -2.58. The monoisotopic (exact) mass is 381 g/mol. The molecule has 0 spiro atoms. The highest BCUT2D eigenvalue weighted by atomic mass is 32.1. The number of piperidine rings is 3. The predicted octanol–water partition coefficient (Wildman–Crippen LogP) is 1.75. The Kier molecular flexibility index (Phi) is 3.84. The van der Waals surface area contributed by atoms with Gasteiger partial charge in [-0.1, -0.05) is 6.07 Å². The third-order valence-corrected chi connectivity index (χ3v) is 6.45. The summed E-state index contributed by atoms with van der Waals surface area (Å²) in [6.45, 7) is 3.01. The van der Waals surface area contributed by atoms with E-state index in [0.29, 0.717) is 22.7 Å². The number of carbonyl (C=O) groups excluding carboxylic acids is 1. The number of hydrogen-bond donors (Lipinski definition) is 1. The summed E-state index contributed by atoms with van der Waals surface area (Å²) in [7, 11) is 0. The summed E-state index contributed by atoms with van der Waals surface area (Å²) in [4.78, 5) is 27.6. The maximum Gasteiger partial charge on any atom is 0.255 e. The number of rotatable bonds is 3. The Morgan fingerprint density at radius 1 is 1.15 bits per heavy atom. The van der Waals surface area contributed by atoms with Crippen molar-refractivity contribution < 1.29 is 4.79 Å². The zero-order valence-corrected chi connectivity index (χ0v) is 15.5. The number of nitrogens with two attached hydrogens (primary N) is 1. The Morgan fingerprint density at radius 3 is 2.67 bits per heavy atom. The lowest BCUT2D eigenvalue weighted by Crippen LogP contribution is -2.48. The van der Waals surface area contributed by atoms with Gasteiger partial charge in [-0.05, 0) is 50.0 Å². The first-order chi connectivity index (χ1) is 13.1. The average Bonchev–Trinajstić information content (AvgIpc) is 3.17. The van der Waals surface area contributed by atoms with Crippen LogP contribution < -0.4 is 11.3 Å². The molecule has 1 atom stereocenters. The van der Waals surface area contributed by atoms with Crippen molar-refractivity contribution in [3.63, 3.8) is 0 Å². The summed E-state index contributed by atoms with van der Waals surface area (Å²) < 4.78 is 10.3. The maximum atomic E-state index is 13.0. The molecule has 138 valence electrons. The van der Waals surface area contributed by atoms with Crippen molar-refractivity contribution in [3.05, 3.63) is 51.9 Å². The minimum Gasteiger partial charge on any atom is -0.366 e. The van der Waals surface area contributed by atoms with Crippen molar-refractivity contribution >= 4 is 28.7 Å². The lowest BCUT2D eigenvalue weighted by molar-refractivity contribution is 0.0829. The average molecular weight is 381 g/mol. The number of hydrogen-bond acceptors (Lipinski definition) is 6. The van der Waals surface area contributed by atoms with E-state index in [2.05, 4.69) is 13.6 Å². The summed E-state index contributed by atoms with van der Waals surface area (Å²) in [6.07, 6.45) is 2.16. The molecular formula is C19H19N5O2S. The van der Waals surface area contributed by atoms with E-state index < -0.39 is 5.91 Å². The van der Waals surface area contributed by atoms with Gasteiger partial charge < -0.3 is 10.6 Å². The molecule has 6 rings (SSSR count). The van der Waals surface area contributed by atoms with Crippen LogP contribution in [0.4, 0.5) is 0 Å². The summed E-state index contributed by atoms with van der Waals surface area (Å²) >= 11 is 1.12. The molecule has 3 aliphatic rings. The summed E-state index contributed by atoms with van der Waals surface area (Å²) in [5.41, 5.74) is 8.78. The Labute approximate surface area is 159 Å². The first kappa shape index (κ1) is 16.6. The van der Waals surface area contributed by atoms with E-state index in [1.165, 1.54) is 6.07 Å². The van der Waals surface area contributed by atoms with Gasteiger partial charge in [-0.25, -0.2) is 0 Å². The second kappa shape index (κ2) is 6.24. The van der Waals surface area contributed by atoms with E-state index >= 15 is 0 Å². The van der Waals surface area contributed by atoms with Gasteiger partial charge in [-0.3, -0.25) is 14.2 Å². The van der Waals surface area contributed by atoms with Crippen molar-refractivity contribution in [2.75, 3.05) is 19.6 Å². The van der Waals surface area contributed by atoms with E-state index in [1.54, 1.807) is 10.6 Å². The number of amides is 1. The Morgan fingerprint density at radius 2 is 1.96 bits per heavy atom. The van der Waals surface area contributed by atoms with Gasteiger partial charge in [-0.2, -0.15) is 8.75 Å². The number of aromatic nitrogens is 3. The number of nitrogens with zero attached hydrogens (tertiary/aromatic N) is 4. The lowest BCUT2D eigenvalue weighted by Gasteiger charge is -2.45. The molecule has 1 unspecified atom stereocenters. The molecule has 1 amide bonds. The molecule has 3 aliphatic heterocycles. The normalized spacial score (nSPS) is 24.4. The van der Waals surface area contributed by atoms with Crippen LogP contribution >= 0.6 is 11.7 Å². The second-order valence-electron chi connectivity index (χ2n) is 7.32. The van der Waals surface area contributed by atoms with Crippen LogP contribution in [0.1, 0.15) is 34.8 Å². The lowest BCUT2D eigenvalue weighted by atomic mass is 9.76. The van der Waals surface area contributed by atoms with Crippen LogP contribution in [0.2, 0.25) is 0 Å². The number of fused-ring (bicyclic) bond motifs is 4. The van der Waals surface area contributed by atoms with E-state index in [0.717, 1.165) is 55.4 Å². The van der Waals surface area contributed by atoms with Gasteiger partial charge in [0.05, 0.1) is 23.0 Å². The molecule has 7 nitrogen and oxygen atoms in total. The van der Waals surface area contributed by atoms with E-state index in [9.17, 15) is 9.59 Å². The van der Waals surface area contributed by atoms with E-state index in [-0.39, 0.29) is 11.5 Å². The van der Waals surface area contributed by atoms with Crippen LogP contribution in [0.3, 0.4) is 0 Å². The third-order valence-electron chi connectivity index (χ3n) is 5.91. The number of carbonyl (C=O) groups is 1. The highest BCUT2D eigenvalue weighted by Gasteiger charge is 2.38. The first-order valence-electron chi connectivity index (χ1n) is 9.13. The molecule has 0 saturated carbocycles. The zero-order chi connectivity index (χ0) is 18.5. The van der Waals surface area contributed by atoms with Crippen molar-refractivity contribution in [3.8, 4) is 5.69 Å². The summed E-state index contributed by atoms with van der Waals surface area (Å²) in [5, 5.41) is 0. The summed E-state index contributed by atoms with van der Waals surface area (Å²) in [5.74, 6) is 0.0541. The highest BCUT2D eigenvalue weighted by Crippen LogP contribution is 2.40. The van der Waals surface area contributed by atoms with Crippen LogP contribution in [-0.4, -0.2) is 43.8 Å². The van der Waals surface area contributed by atoms with Gasteiger partial charge in [0.2, 0.25) is 0 Å². The van der Waals surface area contributed by atoms with Crippen LogP contribution in [0.5, 0.6) is 0 Å². The third kappa shape index (κ3) is 2.59. The minimum atomic E-state index is -0.501. The Balaban J connectivity index is 1.81. The molecule has 0 aliphatic carbocycles. The predicted molar refractivity (Wildman–Crippen MR) is 103 cm³/mol. The van der Waals surface area contributed by atoms with Crippen LogP contribution in [0, 0.1) is 5.92 Å². The SMILES string of the molecule is NC(=O)c1ccc(=O)n(-c2cccc3nsnc23)c1C1CN2CCC1CC2. The van der Waals surface area contributed by atoms with Gasteiger partial charge in [0.1, 0.15) is 11.0 Å². The maximum absolute atomic E-state index is 13.0. The van der Waals surface area contributed by atoms with Crippen molar-refractivity contribution in [1.82, 2.24) is 18.2 Å². The van der Waals surface area contributed by atoms with E-state index in [4.69, 9.17) is 5.73 Å². The van der Waals surface area contributed by atoms with Crippen LogP contribution in [0.15, 0.2) is 35.1 Å². The molecule has 3 aromatic rings. The van der Waals surface area contributed by atoms with Gasteiger partial charge in [0.15, 0.2) is 0 Å². The van der Waals surface area contributed by atoms with Crippen molar-refractivity contribution in [1.29, 1.82) is 0 Å². The zero-order valence-electron chi connectivity index (χ0n) is 14.7. The quantitative estimate of drug-likeness (QED) is 0.746. The van der Waals surface area contributed by atoms with E-state index in [1.807, 2.05) is 18.2 Å². The first-order valence-corrected chi connectivity index (χ1v) is 9.86. The van der Waals surface area contributed by atoms with Gasteiger partial charge in [0.25, 0.3) is 11.5 Å². The fourth-order valence-corrected chi connectivity index (χ4v) is 5.17. The van der Waals surface area contributed by atoms with Gasteiger partial charge >= 0.3 is 0 Å². The molecule has 1 aromatic carbocycles. The fourth-order valence-electron chi connectivity index (χ4n) is 4.62. The topological polar surface area (TPSA) is 94.1 Å². The standard InChI is InChI=1S/C19H19N5O2S/c20-19(26)12-4-5-16(25)24(15-3-1-2-14-17(15)22-27-21-14)18(12)13-10-23-8-6-11(13)7-9-23/h1-5,11,13H,6-10H2,(H2,20,26). The second-order valence-corrected chi connectivity index (χ2v) is 7.85. The Bertz CT molecular complexity index is 1100. The minimum absolute atomic E-state index is 0.103. The number of benzene rings is 1. The van der Waals surface area contributed by atoms with Crippen LogP contribution in [0.25, 0.3) is 16.7 Å². The fraction of sp³-hybridized carbons (Fsp3) is 0.368. The molecule has 0 radical (unpaired) electrons. The molecule has 3 fully saturated rings. The molecular weight excluding hydrogens is 362 g/mol. The molecule has 3 saturated heterocycles. The molecule has 2 N–H and O–H groups in total. The van der Waals surface area contributed by atoms with Crippen LogP contribution in [-0.2, 0) is 0 Å². The molecule has 2 aromatic heterocycles. The molecule has 2 bridgehead atoms. The smallest absolute Gasteiger partial charge is 0.255 e. The highest BCUT2D eigenvalue weighted by molar-refractivity contribution is 7.00. The van der Waals surface area contributed by atoms with Gasteiger partial charge in [0, 0.05) is 24.2 Å². The van der Waals surface area contributed by atoms with Gasteiger partial charge in [-0.15, -0.1) is 0 Å². The van der Waals surface area contributed by atoms with Crippen molar-refractivity contribution in [2.45, 2.75) is 18.8 Å².